The van der Waals surface area contributed by atoms with Crippen LogP contribution >= 0.6 is 0 Å². The molecule has 19 heavy (non-hydrogen) atoms. The molecule has 2 rings (SSSR count). The molecule has 100 valence electrons. The third kappa shape index (κ3) is 6.94. The van der Waals surface area contributed by atoms with E-state index in [1.165, 1.54) is 24.0 Å². The third-order valence-corrected chi connectivity index (χ3v) is 3.74. The summed E-state index contributed by atoms with van der Waals surface area (Å²) in [6, 6.07) is 17.1. The first kappa shape index (κ1) is 19.2. The Morgan fingerprint density at radius 3 is 1.16 bits per heavy atom. The van der Waals surface area contributed by atoms with E-state index in [9.17, 15) is 0 Å². The smallest absolute Gasteiger partial charge is 0.213 e. The molecule has 0 N–H and O–H groups in total. The minimum atomic E-state index is 0. The van der Waals surface area contributed by atoms with Crippen LogP contribution in [-0.2, 0) is 0 Å². The van der Waals surface area contributed by atoms with Crippen molar-refractivity contribution in [1.29, 1.82) is 0 Å². The van der Waals surface area contributed by atoms with Gasteiger partial charge in [0.1, 0.15) is 0 Å². The van der Waals surface area contributed by atoms with E-state index in [2.05, 4.69) is 76.2 Å². The van der Waals surface area contributed by atoms with Gasteiger partial charge >= 0.3 is 45.5 Å². The van der Waals surface area contributed by atoms with Gasteiger partial charge in [0.05, 0.1) is 0 Å². The third-order valence-electron chi connectivity index (χ3n) is 3.74. The summed E-state index contributed by atoms with van der Waals surface area (Å²) in [5.74, 6) is 1.47. The first-order valence-corrected chi connectivity index (χ1v) is 7.12. The van der Waals surface area contributed by atoms with Gasteiger partial charge in [-0.15, -0.1) is 0 Å². The Balaban J connectivity index is 0.000000324. The summed E-state index contributed by atoms with van der Waals surface area (Å²) in [6.07, 6.45) is 2.48. The summed E-state index contributed by atoms with van der Waals surface area (Å²) in [4.78, 5) is 0. The molecule has 2 aromatic carbocycles. The molecule has 0 aliphatic carbocycles. The monoisotopic (exact) mass is 330 g/mol. The van der Waals surface area contributed by atoms with E-state index in [1.807, 2.05) is 0 Å². The molecule has 0 amide bonds. The van der Waals surface area contributed by atoms with Crippen LogP contribution in [0.5, 0.6) is 0 Å². The summed E-state index contributed by atoms with van der Waals surface area (Å²) in [6.45, 7) is 8.96. The summed E-state index contributed by atoms with van der Waals surface area (Å²) in [7, 11) is 0. The van der Waals surface area contributed by atoms with Gasteiger partial charge in [-0.3, -0.25) is 0 Å². The van der Waals surface area contributed by atoms with Crippen molar-refractivity contribution in [3.8, 4) is 0 Å². The van der Waals surface area contributed by atoms with Crippen LogP contribution in [0.4, 0.5) is 0 Å². The Morgan fingerprint density at radius 1 is 0.684 bits per heavy atom. The van der Waals surface area contributed by atoms with Gasteiger partial charge in [0.25, 0.3) is 0 Å². The van der Waals surface area contributed by atoms with Crippen molar-refractivity contribution in [2.75, 3.05) is 0 Å². The fraction of sp³-hybridized carbons (Fsp3) is 0.444. The second-order valence-corrected chi connectivity index (χ2v) is 5.06. The van der Waals surface area contributed by atoms with Gasteiger partial charge < -0.3 is 0 Å². The molecule has 0 fully saturated rings. The van der Waals surface area contributed by atoms with Crippen LogP contribution in [0.2, 0.25) is 0 Å². The van der Waals surface area contributed by atoms with Gasteiger partial charge in [-0.1, -0.05) is 52.4 Å². The van der Waals surface area contributed by atoms with Gasteiger partial charge in [0.15, 0.2) is 0 Å². The molecule has 0 aliphatic heterocycles. The largest absolute Gasteiger partial charge is 2.00 e. The zero-order valence-corrected chi connectivity index (χ0v) is 16.4. The molecule has 0 radical (unpaired) electrons. The topological polar surface area (TPSA) is 0 Å². The Kier molecular flexibility index (Phi) is 11.0. The second-order valence-electron chi connectivity index (χ2n) is 5.06. The van der Waals surface area contributed by atoms with Crippen molar-refractivity contribution in [1.82, 2.24) is 0 Å². The zero-order valence-electron chi connectivity index (χ0n) is 12.9. The van der Waals surface area contributed by atoms with Crippen LogP contribution in [0.25, 0.3) is 0 Å². The Morgan fingerprint density at radius 2 is 0.947 bits per heavy atom. The van der Waals surface area contributed by atoms with Crippen molar-refractivity contribution in [3.63, 3.8) is 0 Å². The first-order chi connectivity index (χ1) is 8.69. The quantitative estimate of drug-likeness (QED) is 0.516. The van der Waals surface area contributed by atoms with Crippen molar-refractivity contribution in [2.45, 2.75) is 52.4 Å². The van der Waals surface area contributed by atoms with E-state index in [-0.39, 0.29) is 45.5 Å². The summed E-state index contributed by atoms with van der Waals surface area (Å²) in [5, 5.41) is 0. The molecule has 0 aliphatic rings. The molecular formula is C18H26Sr. The number of hydrogen-bond acceptors (Lipinski definition) is 0. The SMILES string of the molecule is CCC(C)[c-]1cccc1.CCC(C)[c-]1cccc1.[Sr+2]. The molecule has 1 heteroatoms. The maximum atomic E-state index is 2.26. The van der Waals surface area contributed by atoms with Crippen LogP contribution in [0.3, 0.4) is 0 Å². The van der Waals surface area contributed by atoms with Gasteiger partial charge in [-0.05, 0) is 0 Å². The molecule has 2 unspecified atom stereocenters. The Hall–Kier alpha value is 0.181. The van der Waals surface area contributed by atoms with Gasteiger partial charge in [-0.25, -0.2) is 24.3 Å². The zero-order chi connectivity index (χ0) is 13.4. The Labute approximate surface area is 156 Å². The molecule has 0 aromatic heterocycles. The van der Waals surface area contributed by atoms with Crippen molar-refractivity contribution in [2.24, 2.45) is 0 Å². The average molecular weight is 330 g/mol. The van der Waals surface area contributed by atoms with E-state index >= 15 is 0 Å². The van der Waals surface area contributed by atoms with E-state index < -0.39 is 0 Å². The minimum absolute atomic E-state index is 0. The molecular weight excluding hydrogens is 304 g/mol. The van der Waals surface area contributed by atoms with Gasteiger partial charge in [0, 0.05) is 0 Å². The van der Waals surface area contributed by atoms with Crippen molar-refractivity contribution < 1.29 is 0 Å². The standard InChI is InChI=1S/2C9H13.Sr/c2*1-3-8(2)9-6-4-5-7-9;/h2*4-8H,3H2,1-2H3;/q2*-1;+2. The molecule has 0 heterocycles. The fourth-order valence-electron chi connectivity index (χ4n) is 1.91. The van der Waals surface area contributed by atoms with Crippen LogP contribution in [0.15, 0.2) is 48.5 Å². The summed E-state index contributed by atoms with van der Waals surface area (Å²) in [5.41, 5.74) is 2.94. The van der Waals surface area contributed by atoms with E-state index in [4.69, 9.17) is 0 Å². The summed E-state index contributed by atoms with van der Waals surface area (Å²) < 4.78 is 0. The minimum Gasteiger partial charge on any atom is -0.213 e. The normalized spacial score (nSPS) is 12.8. The van der Waals surface area contributed by atoms with Crippen molar-refractivity contribution >= 4 is 45.5 Å². The fourth-order valence-corrected chi connectivity index (χ4v) is 1.91. The first-order valence-electron chi connectivity index (χ1n) is 7.12. The molecule has 2 atom stereocenters. The van der Waals surface area contributed by atoms with E-state index in [0.717, 1.165) is 11.8 Å². The van der Waals surface area contributed by atoms with Gasteiger partial charge in [-0.2, -0.15) is 35.4 Å². The average Bonchev–Trinajstić information content (AvgIpc) is 3.09. The predicted molar refractivity (Wildman–Crippen MR) is 87.2 cm³/mol. The molecule has 0 nitrogen and oxygen atoms in total. The second kappa shape index (κ2) is 10.9. The van der Waals surface area contributed by atoms with E-state index in [1.54, 1.807) is 0 Å². The van der Waals surface area contributed by atoms with Crippen LogP contribution < -0.4 is 0 Å². The summed E-state index contributed by atoms with van der Waals surface area (Å²) >= 11 is 0. The van der Waals surface area contributed by atoms with Gasteiger partial charge in [0.2, 0.25) is 0 Å². The molecule has 0 bridgehead atoms. The molecule has 0 saturated carbocycles. The van der Waals surface area contributed by atoms with Crippen LogP contribution in [0.1, 0.15) is 63.5 Å². The van der Waals surface area contributed by atoms with Crippen LogP contribution in [-0.4, -0.2) is 45.5 Å². The molecule has 0 spiro atoms. The molecule has 0 saturated heterocycles. The maximum Gasteiger partial charge on any atom is 2.00 e. The Bertz CT molecular complexity index is 343. The van der Waals surface area contributed by atoms with Crippen molar-refractivity contribution in [3.05, 3.63) is 59.7 Å². The predicted octanol–water partition coefficient (Wildman–Crippen LogP) is 5.46. The number of hydrogen-bond donors (Lipinski definition) is 0. The maximum absolute atomic E-state index is 2.26. The van der Waals surface area contributed by atoms with E-state index in [0.29, 0.717) is 0 Å². The van der Waals surface area contributed by atoms with Crippen LogP contribution in [0, 0.1) is 0 Å². The molecule has 2 aromatic rings. The number of rotatable bonds is 4.